The Kier molecular flexibility index (Phi) is 4.81. The third-order valence-corrected chi connectivity index (χ3v) is 4.95. The average Bonchev–Trinajstić information content (AvgIpc) is 2.87. The van der Waals surface area contributed by atoms with E-state index in [2.05, 4.69) is 23.0 Å². The number of nitrogens with zero attached hydrogens (tertiary/aromatic N) is 3. The van der Waals surface area contributed by atoms with Crippen LogP contribution in [0.1, 0.15) is 64.5 Å². The largest absolute Gasteiger partial charge is 0.443 e. The molecular weight excluding hydrogens is 302 g/mol. The highest BCUT2D eigenvalue weighted by atomic mass is 16.6. The third kappa shape index (κ3) is 3.72. The molecule has 132 valence electrons. The average molecular weight is 331 g/mol. The molecule has 0 radical (unpaired) electrons. The Hall–Kier alpha value is -1.62. The predicted octanol–water partition coefficient (Wildman–Crippen LogP) is 4.14. The van der Waals surface area contributed by atoms with Crippen molar-refractivity contribution in [2.75, 3.05) is 18.5 Å². The summed E-state index contributed by atoms with van der Waals surface area (Å²) in [5, 5.41) is 0. The van der Waals surface area contributed by atoms with Crippen molar-refractivity contribution in [3.63, 3.8) is 0 Å². The van der Waals surface area contributed by atoms with E-state index < -0.39 is 5.60 Å². The molecular formula is C19H29N3O2. The Bertz CT molecular complexity index is 575. The molecule has 1 aromatic rings. The van der Waals surface area contributed by atoms with Crippen LogP contribution in [0.2, 0.25) is 0 Å². The van der Waals surface area contributed by atoms with Gasteiger partial charge in [-0.2, -0.15) is 0 Å². The number of hydrogen-bond donors (Lipinski definition) is 0. The van der Waals surface area contributed by atoms with Crippen molar-refractivity contribution in [3.8, 4) is 0 Å². The Balaban J connectivity index is 1.78. The summed E-state index contributed by atoms with van der Waals surface area (Å²) in [6.07, 6.45) is 7.25. The van der Waals surface area contributed by atoms with E-state index in [1.807, 2.05) is 33.0 Å². The van der Waals surface area contributed by atoms with Crippen molar-refractivity contribution in [3.05, 3.63) is 23.9 Å². The van der Waals surface area contributed by atoms with Crippen molar-refractivity contribution < 1.29 is 9.53 Å². The van der Waals surface area contributed by atoms with Gasteiger partial charge in [0.1, 0.15) is 11.4 Å². The van der Waals surface area contributed by atoms with Gasteiger partial charge in [-0.05, 0) is 78.1 Å². The maximum absolute atomic E-state index is 12.6. The molecule has 0 spiro atoms. The van der Waals surface area contributed by atoms with E-state index in [4.69, 9.17) is 4.74 Å². The van der Waals surface area contributed by atoms with Gasteiger partial charge in [0.25, 0.3) is 0 Å². The van der Waals surface area contributed by atoms with Crippen LogP contribution in [0, 0.1) is 0 Å². The van der Waals surface area contributed by atoms with Crippen LogP contribution in [0.15, 0.2) is 18.3 Å². The molecule has 5 nitrogen and oxygen atoms in total. The number of amides is 1. The maximum Gasteiger partial charge on any atom is 0.416 e. The highest BCUT2D eigenvalue weighted by Crippen LogP contribution is 2.33. The van der Waals surface area contributed by atoms with E-state index in [-0.39, 0.29) is 12.1 Å². The van der Waals surface area contributed by atoms with Gasteiger partial charge >= 0.3 is 6.09 Å². The van der Waals surface area contributed by atoms with Crippen molar-refractivity contribution in [1.82, 2.24) is 9.88 Å². The van der Waals surface area contributed by atoms with Gasteiger partial charge in [0, 0.05) is 18.3 Å². The molecule has 3 rings (SSSR count). The van der Waals surface area contributed by atoms with Crippen LogP contribution >= 0.6 is 0 Å². The summed E-state index contributed by atoms with van der Waals surface area (Å²) in [7, 11) is 2.16. The topological polar surface area (TPSA) is 45.7 Å². The number of ether oxygens (including phenoxy) is 1. The molecule has 0 N–H and O–H groups in total. The van der Waals surface area contributed by atoms with Crippen LogP contribution in [0.5, 0.6) is 0 Å². The van der Waals surface area contributed by atoms with Crippen LogP contribution in [-0.4, -0.2) is 41.2 Å². The number of pyridine rings is 1. The number of carbonyl (C=O) groups is 1. The quantitative estimate of drug-likeness (QED) is 0.835. The summed E-state index contributed by atoms with van der Waals surface area (Å²) < 4.78 is 5.60. The number of aromatic nitrogens is 1. The lowest BCUT2D eigenvalue weighted by atomic mass is 9.91. The Morgan fingerprint density at radius 2 is 2.00 bits per heavy atom. The van der Waals surface area contributed by atoms with E-state index in [1.54, 1.807) is 4.90 Å². The molecule has 2 fully saturated rings. The minimum absolute atomic E-state index is 0.215. The fraction of sp³-hybridized carbons (Fsp3) is 0.684. The Morgan fingerprint density at radius 1 is 1.25 bits per heavy atom. The van der Waals surface area contributed by atoms with Crippen molar-refractivity contribution in [1.29, 1.82) is 0 Å². The lowest BCUT2D eigenvalue weighted by Crippen LogP contribution is -2.47. The zero-order valence-electron chi connectivity index (χ0n) is 15.3. The van der Waals surface area contributed by atoms with Crippen molar-refractivity contribution in [2.45, 2.75) is 70.6 Å². The number of rotatable bonds is 3. The number of likely N-dealkylation sites (tertiary alicyclic amines) is 1. The molecule has 24 heavy (non-hydrogen) atoms. The summed E-state index contributed by atoms with van der Waals surface area (Å²) in [5.74, 6) is 0.707. The second-order valence-corrected chi connectivity index (χ2v) is 8.02. The zero-order chi connectivity index (χ0) is 17.3. The first-order chi connectivity index (χ1) is 11.3. The molecule has 1 aliphatic carbocycles. The van der Waals surface area contributed by atoms with Gasteiger partial charge < -0.3 is 4.74 Å². The van der Waals surface area contributed by atoms with Gasteiger partial charge in [0.15, 0.2) is 0 Å². The lowest BCUT2D eigenvalue weighted by molar-refractivity contribution is 0.0548. The van der Waals surface area contributed by atoms with E-state index in [9.17, 15) is 4.79 Å². The van der Waals surface area contributed by atoms with Crippen LogP contribution in [0.3, 0.4) is 0 Å². The molecule has 1 saturated carbocycles. The first-order valence-corrected chi connectivity index (χ1v) is 9.03. The molecule has 2 heterocycles. The van der Waals surface area contributed by atoms with Crippen LogP contribution in [-0.2, 0) is 4.74 Å². The number of anilines is 1. The predicted molar refractivity (Wildman–Crippen MR) is 95.2 cm³/mol. The van der Waals surface area contributed by atoms with Crippen LogP contribution in [0.4, 0.5) is 10.6 Å². The summed E-state index contributed by atoms with van der Waals surface area (Å²) >= 11 is 0. The van der Waals surface area contributed by atoms with E-state index in [1.165, 1.54) is 18.4 Å². The molecule has 1 aliphatic heterocycles. The molecule has 1 amide bonds. The highest BCUT2D eigenvalue weighted by molar-refractivity contribution is 5.87. The third-order valence-electron chi connectivity index (χ3n) is 4.95. The van der Waals surface area contributed by atoms with Crippen LogP contribution < -0.4 is 4.90 Å². The number of carbonyl (C=O) groups excluding carboxylic acids is 1. The standard InChI is InChI=1S/C19H29N3O2/c1-19(2,3)24-18(23)22(15-7-5-8-15)17-11-10-14(13-20-17)16-9-6-12-21(16)4/h10-11,13,15-16H,5-9,12H2,1-4H3/t16-/m1/s1. The normalized spacial score (nSPS) is 22.2. The Labute approximate surface area is 145 Å². The summed E-state index contributed by atoms with van der Waals surface area (Å²) in [6, 6.07) is 4.76. The molecule has 0 bridgehead atoms. The van der Waals surface area contributed by atoms with E-state index in [0.717, 1.165) is 25.8 Å². The summed E-state index contributed by atoms with van der Waals surface area (Å²) in [5.41, 5.74) is 0.738. The zero-order valence-corrected chi connectivity index (χ0v) is 15.3. The van der Waals surface area contributed by atoms with Crippen molar-refractivity contribution in [2.24, 2.45) is 0 Å². The minimum atomic E-state index is -0.494. The second-order valence-electron chi connectivity index (χ2n) is 8.02. The fourth-order valence-corrected chi connectivity index (χ4v) is 3.45. The smallest absolute Gasteiger partial charge is 0.416 e. The van der Waals surface area contributed by atoms with E-state index >= 15 is 0 Å². The summed E-state index contributed by atoms with van der Waals surface area (Å²) in [6.45, 7) is 6.83. The number of hydrogen-bond acceptors (Lipinski definition) is 4. The maximum atomic E-state index is 12.6. The molecule has 1 saturated heterocycles. The second kappa shape index (κ2) is 6.71. The molecule has 1 aromatic heterocycles. The van der Waals surface area contributed by atoms with Crippen LogP contribution in [0.25, 0.3) is 0 Å². The molecule has 5 heteroatoms. The van der Waals surface area contributed by atoms with Gasteiger partial charge in [-0.1, -0.05) is 6.07 Å². The van der Waals surface area contributed by atoms with Gasteiger partial charge in [0.05, 0.1) is 0 Å². The first kappa shape index (κ1) is 17.2. The lowest BCUT2D eigenvalue weighted by Gasteiger charge is -2.37. The SMILES string of the molecule is CN1CCC[C@@H]1c1ccc(N(C(=O)OC(C)(C)C)C2CCC2)nc1. The molecule has 0 aromatic carbocycles. The Morgan fingerprint density at radius 3 is 2.46 bits per heavy atom. The fourth-order valence-electron chi connectivity index (χ4n) is 3.45. The monoisotopic (exact) mass is 331 g/mol. The molecule has 0 unspecified atom stereocenters. The van der Waals surface area contributed by atoms with E-state index in [0.29, 0.717) is 11.9 Å². The first-order valence-electron chi connectivity index (χ1n) is 9.03. The van der Waals surface area contributed by atoms with Gasteiger partial charge in [-0.15, -0.1) is 0 Å². The molecule has 1 atom stereocenters. The van der Waals surface area contributed by atoms with Crippen molar-refractivity contribution >= 4 is 11.9 Å². The molecule has 2 aliphatic rings. The summed E-state index contributed by atoms with van der Waals surface area (Å²) in [4.78, 5) is 21.4. The van der Waals surface area contributed by atoms with Gasteiger partial charge in [-0.3, -0.25) is 9.80 Å². The minimum Gasteiger partial charge on any atom is -0.443 e. The van der Waals surface area contributed by atoms with Gasteiger partial charge in [-0.25, -0.2) is 9.78 Å². The highest BCUT2D eigenvalue weighted by Gasteiger charge is 2.34. The van der Waals surface area contributed by atoms with Gasteiger partial charge in [0.2, 0.25) is 0 Å².